The molecule has 1 aromatic rings. The van der Waals surface area contributed by atoms with Gasteiger partial charge < -0.3 is 10.1 Å². The van der Waals surface area contributed by atoms with Gasteiger partial charge in [-0.2, -0.15) is 0 Å². The van der Waals surface area contributed by atoms with E-state index in [1.165, 1.54) is 30.4 Å². The number of methoxy groups -OCH3 is 1. The van der Waals surface area contributed by atoms with Crippen molar-refractivity contribution in [3.63, 3.8) is 0 Å². The predicted molar refractivity (Wildman–Crippen MR) is 76.8 cm³/mol. The second-order valence-electron chi connectivity index (χ2n) is 5.16. The maximum Gasteiger partial charge on any atom is 0.126 e. The lowest BCUT2D eigenvalue weighted by molar-refractivity contribution is 0.379. The van der Waals surface area contributed by atoms with E-state index >= 15 is 0 Å². The molecule has 1 aromatic carbocycles. The van der Waals surface area contributed by atoms with E-state index in [2.05, 4.69) is 18.3 Å². The number of piperidine rings is 1. The third kappa shape index (κ3) is 2.81. The zero-order valence-corrected chi connectivity index (χ0v) is 12.2. The first kappa shape index (κ1) is 13.7. The lowest BCUT2D eigenvalue weighted by Crippen LogP contribution is -2.35. The van der Waals surface area contributed by atoms with Gasteiger partial charge in [0.05, 0.1) is 7.11 Å². The summed E-state index contributed by atoms with van der Waals surface area (Å²) in [6.07, 6.45) is 4.91. The normalized spacial score (nSPS) is 19.9. The average Bonchev–Trinajstić information content (AvgIpc) is 2.37. The number of ether oxygens (including phenoxy) is 1. The summed E-state index contributed by atoms with van der Waals surface area (Å²) >= 11 is 6.22. The molecule has 1 aliphatic rings. The second kappa shape index (κ2) is 5.94. The Hall–Kier alpha value is -0.730. The Balaban J connectivity index is 2.28. The zero-order valence-electron chi connectivity index (χ0n) is 11.5. The number of halogens is 1. The maximum atomic E-state index is 6.22. The van der Waals surface area contributed by atoms with Gasteiger partial charge in [-0.1, -0.05) is 18.0 Å². The fraction of sp³-hybridized carbons (Fsp3) is 0.600. The highest BCUT2D eigenvalue weighted by molar-refractivity contribution is 6.31. The van der Waals surface area contributed by atoms with E-state index in [0.29, 0.717) is 6.04 Å². The van der Waals surface area contributed by atoms with Crippen LogP contribution in [0.15, 0.2) is 6.07 Å². The molecule has 0 spiro atoms. The molecule has 1 unspecified atom stereocenters. The smallest absolute Gasteiger partial charge is 0.126 e. The molecule has 2 nitrogen and oxygen atoms in total. The SMILES string of the molecule is COc1c(C)c(Cl)cc(C)c1CC1CCCCN1. The van der Waals surface area contributed by atoms with E-state index < -0.39 is 0 Å². The van der Waals surface area contributed by atoms with Gasteiger partial charge in [0.15, 0.2) is 0 Å². The van der Waals surface area contributed by atoms with Crippen molar-refractivity contribution in [2.45, 2.75) is 45.6 Å². The van der Waals surface area contributed by atoms with Gasteiger partial charge in [-0.15, -0.1) is 0 Å². The maximum absolute atomic E-state index is 6.22. The summed E-state index contributed by atoms with van der Waals surface area (Å²) in [7, 11) is 1.73. The number of aryl methyl sites for hydroxylation is 1. The van der Waals surface area contributed by atoms with E-state index in [1.54, 1.807) is 7.11 Å². The van der Waals surface area contributed by atoms with E-state index in [9.17, 15) is 0 Å². The molecule has 1 fully saturated rings. The topological polar surface area (TPSA) is 21.3 Å². The molecule has 0 saturated carbocycles. The van der Waals surface area contributed by atoms with E-state index in [4.69, 9.17) is 16.3 Å². The van der Waals surface area contributed by atoms with Crippen LogP contribution in [0.2, 0.25) is 5.02 Å². The summed E-state index contributed by atoms with van der Waals surface area (Å²) < 4.78 is 5.57. The van der Waals surface area contributed by atoms with Gasteiger partial charge in [-0.3, -0.25) is 0 Å². The average molecular weight is 268 g/mol. The minimum Gasteiger partial charge on any atom is -0.496 e. The van der Waals surface area contributed by atoms with Crippen molar-refractivity contribution in [2.75, 3.05) is 13.7 Å². The van der Waals surface area contributed by atoms with Crippen LogP contribution >= 0.6 is 11.6 Å². The molecule has 3 heteroatoms. The summed E-state index contributed by atoms with van der Waals surface area (Å²) in [4.78, 5) is 0. The highest BCUT2D eigenvalue weighted by atomic mass is 35.5. The fourth-order valence-electron chi connectivity index (χ4n) is 2.77. The van der Waals surface area contributed by atoms with Gasteiger partial charge in [0.25, 0.3) is 0 Å². The van der Waals surface area contributed by atoms with Gasteiger partial charge in [0.2, 0.25) is 0 Å². The Morgan fingerprint density at radius 2 is 2.17 bits per heavy atom. The van der Waals surface area contributed by atoms with Crippen LogP contribution in [-0.2, 0) is 6.42 Å². The van der Waals surface area contributed by atoms with Crippen LogP contribution < -0.4 is 10.1 Å². The molecule has 0 aliphatic carbocycles. The van der Waals surface area contributed by atoms with Crippen LogP contribution in [0.3, 0.4) is 0 Å². The standard InChI is InChI=1S/C15H22ClNO/c1-10-8-14(16)11(2)15(18-3)13(10)9-12-6-4-5-7-17-12/h8,12,17H,4-7,9H2,1-3H3. The number of rotatable bonds is 3. The monoisotopic (exact) mass is 267 g/mol. The highest BCUT2D eigenvalue weighted by Gasteiger charge is 2.19. The first-order valence-electron chi connectivity index (χ1n) is 6.69. The zero-order chi connectivity index (χ0) is 13.1. The second-order valence-corrected chi connectivity index (χ2v) is 5.57. The highest BCUT2D eigenvalue weighted by Crippen LogP contribution is 2.33. The minimum atomic E-state index is 0.576. The molecule has 1 saturated heterocycles. The molecule has 1 atom stereocenters. The van der Waals surface area contributed by atoms with E-state index in [1.807, 2.05) is 6.92 Å². The molecule has 0 amide bonds. The van der Waals surface area contributed by atoms with E-state index in [-0.39, 0.29) is 0 Å². The van der Waals surface area contributed by atoms with Crippen LogP contribution in [0.25, 0.3) is 0 Å². The molecular weight excluding hydrogens is 246 g/mol. The van der Waals surface area contributed by atoms with Crippen LogP contribution in [0.5, 0.6) is 5.75 Å². The molecule has 2 rings (SSSR count). The Bertz CT molecular complexity index is 425. The van der Waals surface area contributed by atoms with Crippen LogP contribution in [-0.4, -0.2) is 19.7 Å². The number of nitrogens with one attached hydrogen (secondary N) is 1. The third-order valence-corrected chi connectivity index (χ3v) is 4.25. The molecule has 100 valence electrons. The fourth-order valence-corrected chi connectivity index (χ4v) is 3.02. The van der Waals surface area contributed by atoms with E-state index in [0.717, 1.165) is 29.3 Å². The van der Waals surface area contributed by atoms with Crippen LogP contribution in [0.4, 0.5) is 0 Å². The number of hydrogen-bond donors (Lipinski definition) is 1. The Morgan fingerprint density at radius 1 is 1.39 bits per heavy atom. The summed E-state index contributed by atoms with van der Waals surface area (Å²) in [5, 5.41) is 4.39. The van der Waals surface area contributed by atoms with Crippen molar-refractivity contribution < 1.29 is 4.74 Å². The molecule has 1 heterocycles. The first-order valence-corrected chi connectivity index (χ1v) is 7.07. The molecule has 0 radical (unpaired) electrons. The van der Waals surface area contributed by atoms with Crippen molar-refractivity contribution >= 4 is 11.6 Å². The Labute approximate surface area is 115 Å². The van der Waals surface area contributed by atoms with Crippen molar-refractivity contribution in [3.8, 4) is 5.75 Å². The van der Waals surface area contributed by atoms with Gasteiger partial charge in [0.1, 0.15) is 5.75 Å². The summed E-state index contributed by atoms with van der Waals surface area (Å²) in [6.45, 7) is 5.28. The van der Waals surface area contributed by atoms with Crippen LogP contribution in [0.1, 0.15) is 36.0 Å². The molecule has 18 heavy (non-hydrogen) atoms. The quantitative estimate of drug-likeness (QED) is 0.903. The molecular formula is C15H22ClNO. The van der Waals surface area contributed by atoms with Gasteiger partial charge in [0, 0.05) is 16.6 Å². The lowest BCUT2D eigenvalue weighted by Gasteiger charge is -2.25. The lowest BCUT2D eigenvalue weighted by atomic mass is 9.93. The Kier molecular flexibility index (Phi) is 4.52. The number of benzene rings is 1. The van der Waals surface area contributed by atoms with Gasteiger partial charge in [-0.05, 0) is 56.8 Å². The largest absolute Gasteiger partial charge is 0.496 e. The Morgan fingerprint density at radius 3 is 2.78 bits per heavy atom. The van der Waals surface area contributed by atoms with Crippen molar-refractivity contribution in [3.05, 3.63) is 27.8 Å². The molecule has 1 N–H and O–H groups in total. The summed E-state index contributed by atoms with van der Waals surface area (Å²) in [5.41, 5.74) is 3.59. The van der Waals surface area contributed by atoms with Crippen molar-refractivity contribution in [1.82, 2.24) is 5.32 Å². The van der Waals surface area contributed by atoms with Crippen LogP contribution in [0, 0.1) is 13.8 Å². The summed E-state index contributed by atoms with van der Waals surface area (Å²) in [5.74, 6) is 0.965. The minimum absolute atomic E-state index is 0.576. The van der Waals surface area contributed by atoms with Gasteiger partial charge in [-0.25, -0.2) is 0 Å². The first-order chi connectivity index (χ1) is 8.63. The molecule has 0 bridgehead atoms. The predicted octanol–water partition coefficient (Wildman–Crippen LogP) is 3.65. The molecule has 1 aliphatic heterocycles. The van der Waals surface area contributed by atoms with Gasteiger partial charge >= 0.3 is 0 Å². The van der Waals surface area contributed by atoms with Crippen molar-refractivity contribution in [2.24, 2.45) is 0 Å². The number of hydrogen-bond acceptors (Lipinski definition) is 2. The molecule has 0 aromatic heterocycles. The third-order valence-electron chi connectivity index (χ3n) is 3.86. The van der Waals surface area contributed by atoms with Crippen molar-refractivity contribution in [1.29, 1.82) is 0 Å². The summed E-state index contributed by atoms with van der Waals surface area (Å²) in [6, 6.07) is 2.63.